The summed E-state index contributed by atoms with van der Waals surface area (Å²) in [6, 6.07) is 11.8. The lowest BCUT2D eigenvalue weighted by atomic mass is 10.0. The summed E-state index contributed by atoms with van der Waals surface area (Å²) in [5, 5.41) is 12.1. The van der Waals surface area contributed by atoms with Gasteiger partial charge in [0.2, 0.25) is 5.95 Å². The zero-order chi connectivity index (χ0) is 15.1. The summed E-state index contributed by atoms with van der Waals surface area (Å²) in [7, 11) is 0. The Morgan fingerprint density at radius 2 is 2.05 bits per heavy atom. The fourth-order valence-electron chi connectivity index (χ4n) is 2.12. The minimum absolute atomic E-state index is 0.00898. The molecule has 0 aliphatic rings. The first-order valence-corrected chi connectivity index (χ1v) is 6.95. The van der Waals surface area contributed by atoms with E-state index >= 15 is 0 Å². The fourth-order valence-corrected chi connectivity index (χ4v) is 2.12. The molecular formula is C16H19N3O2. The lowest BCUT2D eigenvalue weighted by Crippen LogP contribution is -2.24. The number of carbonyl (C=O) groups is 1. The molecule has 0 spiro atoms. The number of carboxylic acids is 1. The van der Waals surface area contributed by atoms with Gasteiger partial charge in [-0.05, 0) is 31.4 Å². The van der Waals surface area contributed by atoms with Gasteiger partial charge in [-0.25, -0.2) is 9.97 Å². The lowest BCUT2D eigenvalue weighted by molar-refractivity contribution is -0.137. The third-order valence-corrected chi connectivity index (χ3v) is 3.16. The van der Waals surface area contributed by atoms with Crippen LogP contribution in [0.2, 0.25) is 0 Å². The van der Waals surface area contributed by atoms with Crippen LogP contribution in [0.3, 0.4) is 0 Å². The molecule has 1 aromatic carbocycles. The molecule has 0 amide bonds. The second-order valence-corrected chi connectivity index (χ2v) is 4.99. The molecule has 0 aliphatic heterocycles. The highest BCUT2D eigenvalue weighted by Crippen LogP contribution is 2.12. The molecule has 1 unspecified atom stereocenters. The molecule has 2 aromatic rings. The zero-order valence-corrected chi connectivity index (χ0v) is 12.0. The minimum atomic E-state index is -0.792. The van der Waals surface area contributed by atoms with Gasteiger partial charge in [0.15, 0.2) is 0 Å². The Hall–Kier alpha value is -2.43. The molecule has 0 bridgehead atoms. The van der Waals surface area contributed by atoms with Crippen LogP contribution in [0.4, 0.5) is 5.95 Å². The van der Waals surface area contributed by atoms with Crippen molar-refractivity contribution >= 4 is 11.9 Å². The number of carboxylic acid groups (broad SMARTS) is 1. The van der Waals surface area contributed by atoms with Crippen LogP contribution in [0.5, 0.6) is 0 Å². The molecule has 1 heterocycles. The predicted molar refractivity (Wildman–Crippen MR) is 81.2 cm³/mol. The topological polar surface area (TPSA) is 75.1 Å². The quantitative estimate of drug-likeness (QED) is 0.818. The summed E-state index contributed by atoms with van der Waals surface area (Å²) in [4.78, 5) is 19.3. The maximum atomic E-state index is 10.8. The van der Waals surface area contributed by atoms with E-state index < -0.39 is 5.97 Å². The van der Waals surface area contributed by atoms with E-state index in [2.05, 4.69) is 15.3 Å². The van der Waals surface area contributed by atoms with Crippen LogP contribution < -0.4 is 5.32 Å². The van der Waals surface area contributed by atoms with E-state index in [1.165, 1.54) is 0 Å². The predicted octanol–water partition coefficient (Wildman–Crippen LogP) is 2.67. The molecule has 110 valence electrons. The summed E-state index contributed by atoms with van der Waals surface area (Å²) in [6.45, 7) is 1.90. The van der Waals surface area contributed by atoms with Crippen molar-refractivity contribution in [3.63, 3.8) is 0 Å². The highest BCUT2D eigenvalue weighted by atomic mass is 16.4. The number of rotatable bonds is 7. The maximum absolute atomic E-state index is 10.8. The Bertz CT molecular complexity index is 587. The van der Waals surface area contributed by atoms with Crippen molar-refractivity contribution < 1.29 is 9.90 Å². The summed E-state index contributed by atoms with van der Waals surface area (Å²) in [5.41, 5.74) is 2.04. The summed E-state index contributed by atoms with van der Waals surface area (Å²) < 4.78 is 0. The average molecular weight is 285 g/mol. The van der Waals surface area contributed by atoms with Gasteiger partial charge in [0.1, 0.15) is 0 Å². The maximum Gasteiger partial charge on any atom is 0.303 e. The standard InChI is InChI=1S/C16H19N3O2/c1-12-9-10-17-16(18-12)19-14(7-8-15(20)21)11-13-5-3-2-4-6-13/h2-6,9-10,14H,7-8,11H2,1H3,(H,20,21)(H,17,18,19). The van der Waals surface area contributed by atoms with Gasteiger partial charge >= 0.3 is 5.97 Å². The summed E-state index contributed by atoms with van der Waals surface area (Å²) in [5.74, 6) is -0.249. The largest absolute Gasteiger partial charge is 0.481 e. The van der Waals surface area contributed by atoms with Gasteiger partial charge in [-0.15, -0.1) is 0 Å². The third kappa shape index (κ3) is 5.22. The van der Waals surface area contributed by atoms with E-state index in [0.29, 0.717) is 12.4 Å². The lowest BCUT2D eigenvalue weighted by Gasteiger charge is -2.18. The van der Waals surface area contributed by atoms with Crippen LogP contribution in [0, 0.1) is 6.92 Å². The van der Waals surface area contributed by atoms with E-state index in [1.54, 1.807) is 6.20 Å². The first kappa shape index (κ1) is 15.0. The molecule has 0 saturated heterocycles. The van der Waals surface area contributed by atoms with Gasteiger partial charge in [-0.3, -0.25) is 4.79 Å². The summed E-state index contributed by atoms with van der Waals surface area (Å²) >= 11 is 0. The van der Waals surface area contributed by atoms with Gasteiger partial charge in [-0.2, -0.15) is 0 Å². The number of hydrogen-bond acceptors (Lipinski definition) is 4. The fraction of sp³-hybridized carbons (Fsp3) is 0.312. The van der Waals surface area contributed by atoms with Gasteiger partial charge in [0, 0.05) is 24.4 Å². The number of hydrogen-bond donors (Lipinski definition) is 2. The second-order valence-electron chi connectivity index (χ2n) is 4.99. The average Bonchev–Trinajstić information content (AvgIpc) is 2.46. The Morgan fingerprint density at radius 3 is 2.71 bits per heavy atom. The van der Waals surface area contributed by atoms with Crippen LogP contribution in [-0.2, 0) is 11.2 Å². The number of aryl methyl sites for hydroxylation is 1. The molecule has 5 nitrogen and oxygen atoms in total. The molecule has 0 radical (unpaired) electrons. The molecule has 0 aliphatic carbocycles. The highest BCUT2D eigenvalue weighted by Gasteiger charge is 2.13. The minimum Gasteiger partial charge on any atom is -0.481 e. The molecule has 21 heavy (non-hydrogen) atoms. The molecule has 0 fully saturated rings. The van der Waals surface area contributed by atoms with Crippen molar-refractivity contribution in [2.75, 3.05) is 5.32 Å². The van der Waals surface area contributed by atoms with Crippen LogP contribution in [0.25, 0.3) is 0 Å². The first-order chi connectivity index (χ1) is 10.1. The van der Waals surface area contributed by atoms with E-state index in [0.717, 1.165) is 17.7 Å². The zero-order valence-electron chi connectivity index (χ0n) is 12.0. The first-order valence-electron chi connectivity index (χ1n) is 6.95. The molecule has 5 heteroatoms. The van der Waals surface area contributed by atoms with Gasteiger partial charge in [-0.1, -0.05) is 30.3 Å². The van der Waals surface area contributed by atoms with Crippen LogP contribution in [-0.4, -0.2) is 27.1 Å². The number of nitrogens with one attached hydrogen (secondary N) is 1. The van der Waals surface area contributed by atoms with E-state index in [4.69, 9.17) is 5.11 Å². The van der Waals surface area contributed by atoms with Crippen LogP contribution in [0.1, 0.15) is 24.1 Å². The second kappa shape index (κ2) is 7.38. The number of aromatic nitrogens is 2. The van der Waals surface area contributed by atoms with Crippen molar-refractivity contribution in [3.8, 4) is 0 Å². The number of anilines is 1. The summed E-state index contributed by atoms with van der Waals surface area (Å²) in [6.07, 6.45) is 3.09. The van der Waals surface area contributed by atoms with E-state index in [9.17, 15) is 4.79 Å². The SMILES string of the molecule is Cc1ccnc(NC(CCC(=O)O)Cc2ccccc2)n1. The van der Waals surface area contributed by atoms with Crippen molar-refractivity contribution in [1.82, 2.24) is 9.97 Å². The Labute approximate surface area is 124 Å². The van der Waals surface area contributed by atoms with Crippen LogP contribution in [0.15, 0.2) is 42.6 Å². The normalized spacial score (nSPS) is 11.9. The molecule has 0 saturated carbocycles. The van der Waals surface area contributed by atoms with Crippen molar-refractivity contribution in [2.24, 2.45) is 0 Å². The number of nitrogens with zero attached hydrogens (tertiary/aromatic N) is 2. The number of aliphatic carboxylic acids is 1. The smallest absolute Gasteiger partial charge is 0.303 e. The van der Waals surface area contributed by atoms with E-state index in [1.807, 2.05) is 43.3 Å². The van der Waals surface area contributed by atoms with Gasteiger partial charge in [0.05, 0.1) is 0 Å². The molecule has 1 atom stereocenters. The highest BCUT2D eigenvalue weighted by molar-refractivity contribution is 5.66. The Morgan fingerprint density at radius 1 is 1.29 bits per heavy atom. The Kier molecular flexibility index (Phi) is 5.26. The molecule has 2 N–H and O–H groups in total. The van der Waals surface area contributed by atoms with Gasteiger partial charge < -0.3 is 10.4 Å². The van der Waals surface area contributed by atoms with E-state index in [-0.39, 0.29) is 12.5 Å². The Balaban J connectivity index is 2.06. The molecule has 1 aromatic heterocycles. The monoisotopic (exact) mass is 285 g/mol. The van der Waals surface area contributed by atoms with Gasteiger partial charge in [0.25, 0.3) is 0 Å². The molecule has 2 rings (SSSR count). The third-order valence-electron chi connectivity index (χ3n) is 3.16. The van der Waals surface area contributed by atoms with Crippen molar-refractivity contribution in [3.05, 3.63) is 53.9 Å². The molecular weight excluding hydrogens is 266 g/mol. The van der Waals surface area contributed by atoms with Crippen molar-refractivity contribution in [2.45, 2.75) is 32.2 Å². The number of benzene rings is 1. The van der Waals surface area contributed by atoms with Crippen LogP contribution >= 0.6 is 0 Å². The van der Waals surface area contributed by atoms with Crippen molar-refractivity contribution in [1.29, 1.82) is 0 Å².